The quantitative estimate of drug-likeness (QED) is 0.735. The Morgan fingerprint density at radius 1 is 1.19 bits per heavy atom. The van der Waals surface area contributed by atoms with Crippen LogP contribution in [0.25, 0.3) is 11.0 Å². The Hall–Kier alpha value is -2.62. The van der Waals surface area contributed by atoms with Crippen molar-refractivity contribution in [3.8, 4) is 0 Å². The smallest absolute Gasteiger partial charge is 0.258 e. The fraction of sp³-hybridized carbons (Fsp3) is 0.176. The molecule has 2 heterocycles. The van der Waals surface area contributed by atoms with Gasteiger partial charge in [-0.05, 0) is 25.1 Å². The molecule has 1 amide bonds. The van der Waals surface area contributed by atoms with E-state index in [-0.39, 0.29) is 5.91 Å². The number of fused-ring (bicyclic) bond motifs is 1. The monoisotopic (exact) mass is 280 g/mol. The number of aromatic nitrogens is 1. The summed E-state index contributed by atoms with van der Waals surface area (Å²) in [5.74, 6) is -0.0342. The first kappa shape index (κ1) is 13.4. The van der Waals surface area contributed by atoms with Gasteiger partial charge in [0, 0.05) is 18.1 Å². The second-order valence-corrected chi connectivity index (χ2v) is 4.79. The van der Waals surface area contributed by atoms with E-state index in [1.807, 2.05) is 49.4 Å². The molecular formula is C17H16N2O2. The Balaban J connectivity index is 1.88. The lowest BCUT2D eigenvalue weighted by atomic mass is 10.1. The number of furan rings is 1. The summed E-state index contributed by atoms with van der Waals surface area (Å²) in [5, 5.41) is 0.849. The van der Waals surface area contributed by atoms with Crippen molar-refractivity contribution in [2.45, 2.75) is 13.5 Å². The molecule has 1 aromatic carbocycles. The van der Waals surface area contributed by atoms with E-state index >= 15 is 0 Å². The molecule has 0 spiro atoms. The van der Waals surface area contributed by atoms with Gasteiger partial charge in [0.1, 0.15) is 11.8 Å². The van der Waals surface area contributed by atoms with Gasteiger partial charge in [-0.3, -0.25) is 9.78 Å². The van der Waals surface area contributed by atoms with Gasteiger partial charge in [-0.1, -0.05) is 24.3 Å². The van der Waals surface area contributed by atoms with Crippen LogP contribution in [0.4, 0.5) is 0 Å². The van der Waals surface area contributed by atoms with Crippen LogP contribution in [0.3, 0.4) is 0 Å². The van der Waals surface area contributed by atoms with Crippen molar-refractivity contribution in [1.82, 2.24) is 9.88 Å². The minimum atomic E-state index is -0.0342. The number of pyridine rings is 1. The summed E-state index contributed by atoms with van der Waals surface area (Å²) in [6.07, 6.45) is 3.27. The van der Waals surface area contributed by atoms with Gasteiger partial charge >= 0.3 is 0 Å². The molecule has 0 fully saturated rings. The van der Waals surface area contributed by atoms with Crippen LogP contribution in [0.2, 0.25) is 0 Å². The average Bonchev–Trinajstić information content (AvgIpc) is 2.97. The molecule has 21 heavy (non-hydrogen) atoms. The van der Waals surface area contributed by atoms with Crippen molar-refractivity contribution < 1.29 is 9.21 Å². The third-order valence-electron chi connectivity index (χ3n) is 3.46. The zero-order valence-corrected chi connectivity index (χ0v) is 11.8. The number of amides is 1. The van der Waals surface area contributed by atoms with Crippen molar-refractivity contribution >= 4 is 16.9 Å². The molecule has 0 unspecified atom stereocenters. The lowest BCUT2D eigenvalue weighted by Gasteiger charge is -2.19. The maximum absolute atomic E-state index is 12.7. The van der Waals surface area contributed by atoms with Gasteiger partial charge in [-0.15, -0.1) is 0 Å². The third-order valence-corrected chi connectivity index (χ3v) is 3.46. The molecular weight excluding hydrogens is 264 g/mol. The Morgan fingerprint density at radius 2 is 2.00 bits per heavy atom. The van der Waals surface area contributed by atoms with Crippen LogP contribution >= 0.6 is 0 Å². The molecule has 2 aromatic heterocycles. The highest BCUT2D eigenvalue weighted by atomic mass is 16.3. The Labute approximate surface area is 123 Å². The van der Waals surface area contributed by atoms with E-state index in [0.717, 1.165) is 16.7 Å². The number of para-hydroxylation sites is 1. The van der Waals surface area contributed by atoms with Gasteiger partial charge in [-0.2, -0.15) is 0 Å². The fourth-order valence-electron chi connectivity index (χ4n) is 2.33. The molecule has 0 atom stereocenters. The normalized spacial score (nSPS) is 10.7. The second kappa shape index (κ2) is 5.79. The van der Waals surface area contributed by atoms with E-state index in [1.54, 1.807) is 11.1 Å². The number of carbonyl (C=O) groups excluding carboxylic acids is 1. The molecule has 4 heteroatoms. The van der Waals surface area contributed by atoms with E-state index in [1.165, 1.54) is 6.26 Å². The van der Waals surface area contributed by atoms with E-state index in [2.05, 4.69) is 4.98 Å². The highest BCUT2D eigenvalue weighted by Gasteiger charge is 2.19. The largest absolute Gasteiger partial charge is 0.463 e. The van der Waals surface area contributed by atoms with Gasteiger partial charge in [0.05, 0.1) is 17.8 Å². The molecule has 3 rings (SSSR count). The summed E-state index contributed by atoms with van der Waals surface area (Å²) in [7, 11) is 0. The summed E-state index contributed by atoms with van der Waals surface area (Å²) in [4.78, 5) is 18.7. The van der Waals surface area contributed by atoms with E-state index in [4.69, 9.17) is 4.42 Å². The van der Waals surface area contributed by atoms with Crippen LogP contribution in [-0.4, -0.2) is 22.3 Å². The van der Waals surface area contributed by atoms with Crippen molar-refractivity contribution in [3.63, 3.8) is 0 Å². The number of benzene rings is 1. The van der Waals surface area contributed by atoms with Gasteiger partial charge in [0.15, 0.2) is 0 Å². The highest BCUT2D eigenvalue weighted by molar-refractivity contribution is 6.05. The molecule has 0 bridgehead atoms. The van der Waals surface area contributed by atoms with Crippen LogP contribution in [0, 0.1) is 0 Å². The predicted octanol–water partition coefficient (Wildman–Crippen LogP) is 3.49. The molecule has 0 N–H and O–H groups in total. The predicted molar refractivity (Wildman–Crippen MR) is 80.9 cm³/mol. The Kier molecular flexibility index (Phi) is 3.69. The number of nitrogens with zero attached hydrogens (tertiary/aromatic N) is 2. The van der Waals surface area contributed by atoms with E-state index < -0.39 is 0 Å². The molecule has 0 aliphatic rings. The summed E-state index contributed by atoms with van der Waals surface area (Å²) in [6.45, 7) is 3.08. The molecule has 106 valence electrons. The zero-order chi connectivity index (χ0) is 14.7. The number of rotatable bonds is 4. The number of hydrogen-bond acceptors (Lipinski definition) is 3. The van der Waals surface area contributed by atoms with Crippen molar-refractivity contribution in [1.29, 1.82) is 0 Å². The van der Waals surface area contributed by atoms with Crippen LogP contribution in [-0.2, 0) is 6.54 Å². The van der Waals surface area contributed by atoms with E-state index in [0.29, 0.717) is 18.7 Å². The molecule has 0 aliphatic carbocycles. The zero-order valence-electron chi connectivity index (χ0n) is 11.8. The standard InChI is InChI=1S/C17H16N2O2/c1-2-19(11-13-7-5-6-10-18-13)17(20)15-12-21-16-9-4-3-8-14(15)16/h3-10,12H,2,11H2,1H3. The number of hydrogen-bond donors (Lipinski definition) is 0. The van der Waals surface area contributed by atoms with Gasteiger partial charge in [0.2, 0.25) is 0 Å². The van der Waals surface area contributed by atoms with Crippen molar-refractivity contribution in [2.75, 3.05) is 6.54 Å². The highest BCUT2D eigenvalue weighted by Crippen LogP contribution is 2.22. The molecule has 0 saturated heterocycles. The summed E-state index contributed by atoms with van der Waals surface area (Å²) in [6, 6.07) is 13.3. The van der Waals surface area contributed by atoms with Crippen LogP contribution in [0.5, 0.6) is 0 Å². The average molecular weight is 280 g/mol. The van der Waals surface area contributed by atoms with Gasteiger partial charge < -0.3 is 9.32 Å². The SMILES string of the molecule is CCN(Cc1ccccn1)C(=O)c1coc2ccccc12. The topological polar surface area (TPSA) is 46.3 Å². The maximum atomic E-state index is 12.7. The summed E-state index contributed by atoms with van der Waals surface area (Å²) in [5.41, 5.74) is 2.21. The number of carbonyl (C=O) groups is 1. The molecule has 3 aromatic rings. The molecule has 0 saturated carbocycles. The molecule has 0 aliphatic heterocycles. The van der Waals surface area contributed by atoms with Gasteiger partial charge in [-0.25, -0.2) is 0 Å². The Morgan fingerprint density at radius 3 is 2.76 bits per heavy atom. The first-order valence-electron chi connectivity index (χ1n) is 6.95. The van der Waals surface area contributed by atoms with Crippen LogP contribution < -0.4 is 0 Å². The lowest BCUT2D eigenvalue weighted by molar-refractivity contribution is 0.0751. The summed E-state index contributed by atoms with van der Waals surface area (Å²) >= 11 is 0. The lowest BCUT2D eigenvalue weighted by Crippen LogP contribution is -2.30. The van der Waals surface area contributed by atoms with Crippen molar-refractivity contribution in [3.05, 3.63) is 66.2 Å². The summed E-state index contributed by atoms with van der Waals surface area (Å²) < 4.78 is 5.45. The maximum Gasteiger partial charge on any atom is 0.258 e. The van der Waals surface area contributed by atoms with Crippen LogP contribution in [0.1, 0.15) is 23.0 Å². The first-order chi connectivity index (χ1) is 10.3. The minimum Gasteiger partial charge on any atom is -0.463 e. The van der Waals surface area contributed by atoms with Gasteiger partial charge in [0.25, 0.3) is 5.91 Å². The Bertz CT molecular complexity index is 750. The third kappa shape index (κ3) is 2.65. The second-order valence-electron chi connectivity index (χ2n) is 4.79. The first-order valence-corrected chi connectivity index (χ1v) is 6.95. The fourth-order valence-corrected chi connectivity index (χ4v) is 2.33. The van der Waals surface area contributed by atoms with Crippen LogP contribution in [0.15, 0.2) is 59.3 Å². The van der Waals surface area contributed by atoms with E-state index in [9.17, 15) is 4.79 Å². The minimum absolute atomic E-state index is 0.0342. The molecule has 4 nitrogen and oxygen atoms in total. The van der Waals surface area contributed by atoms with Crippen molar-refractivity contribution in [2.24, 2.45) is 0 Å². The molecule has 0 radical (unpaired) electrons.